The van der Waals surface area contributed by atoms with Gasteiger partial charge in [0.25, 0.3) is 0 Å². The van der Waals surface area contributed by atoms with E-state index in [1.807, 2.05) is 71.2 Å². The first kappa shape index (κ1) is 13.1. The Morgan fingerprint density at radius 3 is 2.33 bits per heavy atom. The van der Waals surface area contributed by atoms with Gasteiger partial charge in [0.1, 0.15) is 0 Å². The largest absolute Gasteiger partial charge is 0.870 e. The summed E-state index contributed by atoms with van der Waals surface area (Å²) in [4.78, 5) is 12.5. The van der Waals surface area contributed by atoms with Crippen LogP contribution in [0, 0.1) is 0 Å². The smallest absolute Gasteiger partial charge is 0.406 e. The van der Waals surface area contributed by atoms with E-state index in [1.165, 1.54) is 0 Å². The lowest BCUT2D eigenvalue weighted by Gasteiger charge is -1.94. The van der Waals surface area contributed by atoms with Gasteiger partial charge in [-0.15, -0.1) is 4.52 Å². The van der Waals surface area contributed by atoms with Crippen molar-refractivity contribution in [2.75, 3.05) is 0 Å². The predicted octanol–water partition coefficient (Wildman–Crippen LogP) is 1.88. The molecule has 2 heterocycles. The van der Waals surface area contributed by atoms with Gasteiger partial charge < -0.3 is 5.48 Å². The lowest BCUT2D eigenvalue weighted by Crippen LogP contribution is -2.25. The maximum absolute atomic E-state index is 12.5. The summed E-state index contributed by atoms with van der Waals surface area (Å²) in [5, 5.41) is 4.23. The summed E-state index contributed by atoms with van der Waals surface area (Å²) in [7, 11) is 0. The van der Waals surface area contributed by atoms with Crippen molar-refractivity contribution in [1.29, 1.82) is 0 Å². The second kappa shape index (κ2) is 4.88. The van der Waals surface area contributed by atoms with E-state index >= 15 is 0 Å². The van der Waals surface area contributed by atoms with Crippen molar-refractivity contribution in [3.8, 4) is 5.69 Å². The molecule has 5 nitrogen and oxygen atoms in total. The lowest BCUT2D eigenvalue weighted by molar-refractivity contribution is -0.555. The van der Waals surface area contributed by atoms with E-state index in [4.69, 9.17) is 0 Å². The van der Waals surface area contributed by atoms with E-state index in [1.54, 1.807) is 4.68 Å². The van der Waals surface area contributed by atoms with Crippen LogP contribution < -0.4 is 10.1 Å². The van der Waals surface area contributed by atoms with Crippen LogP contribution in [-0.2, 0) is 0 Å². The molecule has 4 rings (SSSR count). The summed E-state index contributed by atoms with van der Waals surface area (Å²) in [5.74, 6) is 0. The number of aromatic nitrogens is 3. The molecule has 104 valence electrons. The van der Waals surface area contributed by atoms with Crippen LogP contribution in [0.2, 0.25) is 0 Å². The molecule has 0 aliphatic carbocycles. The molecule has 2 N–H and O–H groups in total. The minimum absolute atomic E-state index is 0. The summed E-state index contributed by atoms with van der Waals surface area (Å²) in [6.45, 7) is 0. The Bertz CT molecular complexity index is 971. The molecule has 0 unspecified atom stereocenters. The number of fused-ring (bicyclic) bond motifs is 3. The van der Waals surface area contributed by atoms with Crippen molar-refractivity contribution in [1.82, 2.24) is 9.90 Å². The van der Waals surface area contributed by atoms with Gasteiger partial charge in [-0.25, -0.2) is 4.79 Å². The number of H-pyrrole nitrogens is 1. The number of pyridine rings is 1. The molecule has 0 atom stereocenters. The summed E-state index contributed by atoms with van der Waals surface area (Å²) in [5.41, 5.74) is 2.39. The van der Waals surface area contributed by atoms with Crippen LogP contribution in [0.15, 0.2) is 71.5 Å². The van der Waals surface area contributed by atoms with Gasteiger partial charge in [0, 0.05) is 5.39 Å². The van der Waals surface area contributed by atoms with Gasteiger partial charge in [0.2, 0.25) is 5.52 Å². The van der Waals surface area contributed by atoms with E-state index < -0.39 is 0 Å². The highest BCUT2D eigenvalue weighted by Gasteiger charge is 2.17. The molecule has 0 bridgehead atoms. The molecule has 0 saturated carbocycles. The van der Waals surface area contributed by atoms with Crippen LogP contribution in [0.4, 0.5) is 0 Å². The van der Waals surface area contributed by atoms with E-state index in [9.17, 15) is 4.79 Å². The van der Waals surface area contributed by atoms with Crippen LogP contribution >= 0.6 is 0 Å². The maximum atomic E-state index is 12.5. The zero-order valence-electron chi connectivity index (χ0n) is 11.1. The van der Waals surface area contributed by atoms with Crippen LogP contribution in [0.3, 0.4) is 0 Å². The number of para-hydroxylation sites is 2. The number of nitrogens with zero attached hydrogens (tertiary/aromatic N) is 2. The van der Waals surface area contributed by atoms with Gasteiger partial charge in [-0.1, -0.05) is 46.3 Å². The normalized spacial score (nSPS) is 10.7. The molecule has 2 aromatic heterocycles. The van der Waals surface area contributed by atoms with Crippen molar-refractivity contribution in [3.63, 3.8) is 0 Å². The molecule has 4 aromatic rings. The molecular weight excluding hydrogens is 266 g/mol. The Labute approximate surface area is 120 Å². The number of hydrogen-bond donors (Lipinski definition) is 1. The Kier molecular flexibility index (Phi) is 3.04. The third-order valence-electron chi connectivity index (χ3n) is 3.48. The van der Waals surface area contributed by atoms with Gasteiger partial charge in [-0.3, -0.25) is 0 Å². The van der Waals surface area contributed by atoms with Crippen LogP contribution in [0.1, 0.15) is 0 Å². The fourth-order valence-corrected chi connectivity index (χ4v) is 2.49. The number of nitrogens with one attached hydrogen (secondary N) is 1. The van der Waals surface area contributed by atoms with Crippen molar-refractivity contribution < 1.29 is 9.99 Å². The van der Waals surface area contributed by atoms with E-state index in [0.717, 1.165) is 16.6 Å². The molecular formula is C16H13N3O2. The number of benzene rings is 2. The summed E-state index contributed by atoms with van der Waals surface area (Å²) in [6.07, 6.45) is 0. The first-order valence-corrected chi connectivity index (χ1v) is 6.44. The van der Waals surface area contributed by atoms with E-state index in [0.29, 0.717) is 5.52 Å². The van der Waals surface area contributed by atoms with E-state index in [-0.39, 0.29) is 11.0 Å². The summed E-state index contributed by atoms with van der Waals surface area (Å²) in [6, 6.07) is 21.3. The highest BCUT2D eigenvalue weighted by atomic mass is 16.1. The molecule has 5 heteroatoms. The van der Waals surface area contributed by atoms with Gasteiger partial charge >= 0.3 is 5.56 Å². The zero-order chi connectivity index (χ0) is 13.5. The monoisotopic (exact) mass is 279 g/mol. The highest BCUT2D eigenvalue weighted by molar-refractivity contribution is 5.76. The first-order chi connectivity index (χ1) is 9.84. The fourth-order valence-electron chi connectivity index (χ4n) is 2.49. The van der Waals surface area contributed by atoms with Crippen molar-refractivity contribution in [3.05, 3.63) is 77.1 Å². The van der Waals surface area contributed by atoms with Gasteiger partial charge in [-0.2, -0.15) is 0 Å². The SMILES string of the molecule is O=c1c2ccc3ccccc3[n+]2[nH]n1-c1ccccc1.[OH-]. The fraction of sp³-hybridized carbons (Fsp3) is 0. The molecule has 0 fully saturated rings. The highest BCUT2D eigenvalue weighted by Crippen LogP contribution is 2.10. The third kappa shape index (κ3) is 1.91. The van der Waals surface area contributed by atoms with Gasteiger partial charge in [-0.05, 0) is 30.3 Å². The topological polar surface area (TPSA) is 71.9 Å². The summed E-state index contributed by atoms with van der Waals surface area (Å²) < 4.78 is 3.38. The molecule has 0 amide bonds. The first-order valence-electron chi connectivity index (χ1n) is 6.44. The molecule has 0 spiro atoms. The predicted molar refractivity (Wildman–Crippen MR) is 79.0 cm³/mol. The molecule has 2 aromatic carbocycles. The molecule has 0 radical (unpaired) electrons. The Morgan fingerprint density at radius 1 is 0.810 bits per heavy atom. The quantitative estimate of drug-likeness (QED) is 0.540. The maximum Gasteiger partial charge on any atom is 0.406 e. The minimum atomic E-state index is -0.0537. The number of rotatable bonds is 1. The van der Waals surface area contributed by atoms with Crippen LogP contribution in [0.5, 0.6) is 0 Å². The lowest BCUT2D eigenvalue weighted by atomic mass is 10.2. The Morgan fingerprint density at radius 2 is 1.52 bits per heavy atom. The van der Waals surface area contributed by atoms with Crippen LogP contribution in [0.25, 0.3) is 22.1 Å². The standard InChI is InChI=1S/C16H11N3O.H2O/c20-16-15-11-10-12-6-4-5-9-14(12)19(15)17-18(16)13-7-2-1-3-8-13;/h1-11H;1H2. The van der Waals surface area contributed by atoms with Gasteiger partial charge in [0.15, 0.2) is 11.2 Å². The number of aromatic amines is 1. The van der Waals surface area contributed by atoms with Crippen LogP contribution in [-0.4, -0.2) is 15.4 Å². The molecule has 21 heavy (non-hydrogen) atoms. The Hall–Kier alpha value is -2.92. The molecule has 0 aliphatic heterocycles. The van der Waals surface area contributed by atoms with E-state index in [2.05, 4.69) is 5.21 Å². The van der Waals surface area contributed by atoms with Crippen molar-refractivity contribution in [2.45, 2.75) is 0 Å². The average molecular weight is 279 g/mol. The third-order valence-corrected chi connectivity index (χ3v) is 3.48. The molecule has 0 aliphatic rings. The number of hydrogen-bond acceptors (Lipinski definition) is 2. The Balaban J connectivity index is 0.00000132. The van der Waals surface area contributed by atoms with Gasteiger partial charge in [0.05, 0.1) is 0 Å². The zero-order valence-corrected chi connectivity index (χ0v) is 11.1. The molecule has 0 saturated heterocycles. The average Bonchev–Trinajstić information content (AvgIpc) is 2.86. The second-order valence-electron chi connectivity index (χ2n) is 4.69. The summed E-state index contributed by atoms with van der Waals surface area (Å²) >= 11 is 0. The van der Waals surface area contributed by atoms with Crippen molar-refractivity contribution >= 4 is 16.4 Å². The minimum Gasteiger partial charge on any atom is -0.870 e. The second-order valence-corrected chi connectivity index (χ2v) is 4.69. The van der Waals surface area contributed by atoms with Crippen molar-refractivity contribution in [2.24, 2.45) is 0 Å².